The third-order valence-electron chi connectivity index (χ3n) is 12.4. The topological polar surface area (TPSA) is 56.7 Å². The van der Waals surface area contributed by atoms with Crippen LogP contribution in [0.1, 0.15) is 0 Å². The van der Waals surface area contributed by atoms with E-state index in [9.17, 15) is 0 Å². The van der Waals surface area contributed by atoms with E-state index in [1.54, 1.807) is 0 Å². The van der Waals surface area contributed by atoms with Crippen molar-refractivity contribution in [2.45, 2.75) is 0 Å². The van der Waals surface area contributed by atoms with Crippen molar-refractivity contribution in [3.8, 4) is 51.0 Å². The van der Waals surface area contributed by atoms with Crippen LogP contribution in [0.25, 0.3) is 127 Å². The number of fused-ring (bicyclic) bond motifs is 10. The first-order valence-corrected chi connectivity index (χ1v) is 20.9. The molecule has 0 aliphatic rings. The molecular formula is C57H34N4O. The predicted octanol–water partition coefficient (Wildman–Crippen LogP) is 15.0. The van der Waals surface area contributed by atoms with Crippen molar-refractivity contribution >= 4 is 76.1 Å². The van der Waals surface area contributed by atoms with Gasteiger partial charge < -0.3 is 8.98 Å². The van der Waals surface area contributed by atoms with Crippen molar-refractivity contribution in [2.24, 2.45) is 0 Å². The van der Waals surface area contributed by atoms with E-state index < -0.39 is 0 Å². The second-order valence-corrected chi connectivity index (χ2v) is 16.0. The smallest absolute Gasteiger partial charge is 0.166 e. The summed E-state index contributed by atoms with van der Waals surface area (Å²) in [5.41, 5.74) is 9.61. The second kappa shape index (κ2) is 13.6. The zero-order valence-electron chi connectivity index (χ0n) is 33.3. The molecule has 0 aliphatic heterocycles. The van der Waals surface area contributed by atoms with Crippen LogP contribution >= 0.6 is 0 Å². The molecule has 0 unspecified atom stereocenters. The first kappa shape index (κ1) is 34.5. The van der Waals surface area contributed by atoms with Gasteiger partial charge in [0.2, 0.25) is 0 Å². The minimum atomic E-state index is 0.553. The molecular weight excluding hydrogens is 757 g/mol. The fourth-order valence-electron chi connectivity index (χ4n) is 9.40. The molecule has 0 spiro atoms. The number of rotatable bonds is 5. The van der Waals surface area contributed by atoms with E-state index in [-0.39, 0.29) is 0 Å². The maximum absolute atomic E-state index is 6.80. The summed E-state index contributed by atoms with van der Waals surface area (Å²) in [5, 5.41) is 11.5. The molecule has 13 rings (SSSR count). The van der Waals surface area contributed by atoms with E-state index >= 15 is 0 Å². The van der Waals surface area contributed by atoms with E-state index in [0.717, 1.165) is 77.2 Å². The van der Waals surface area contributed by atoms with Gasteiger partial charge in [0.15, 0.2) is 17.5 Å². The summed E-state index contributed by atoms with van der Waals surface area (Å²) in [5.74, 6) is 1.74. The maximum atomic E-state index is 6.80. The van der Waals surface area contributed by atoms with Crippen LogP contribution in [0.15, 0.2) is 211 Å². The molecule has 0 saturated heterocycles. The van der Waals surface area contributed by atoms with Crippen molar-refractivity contribution in [1.82, 2.24) is 19.5 Å². The highest BCUT2D eigenvalue weighted by molar-refractivity contribution is 6.21. The summed E-state index contributed by atoms with van der Waals surface area (Å²) in [6.07, 6.45) is 0. The summed E-state index contributed by atoms with van der Waals surface area (Å²) >= 11 is 0. The Bertz CT molecular complexity index is 3830. The highest BCUT2D eigenvalue weighted by Gasteiger charge is 2.24. The van der Waals surface area contributed by atoms with Crippen molar-refractivity contribution in [2.75, 3.05) is 0 Å². The van der Waals surface area contributed by atoms with E-state index in [0.29, 0.717) is 17.5 Å². The Kier molecular flexibility index (Phi) is 7.54. The largest absolute Gasteiger partial charge is 0.456 e. The maximum Gasteiger partial charge on any atom is 0.166 e. The summed E-state index contributed by atoms with van der Waals surface area (Å²) < 4.78 is 9.22. The zero-order chi connectivity index (χ0) is 40.7. The molecule has 3 aromatic heterocycles. The lowest BCUT2D eigenvalue weighted by molar-refractivity contribution is 0.669. The molecule has 288 valence electrons. The molecule has 3 heterocycles. The third-order valence-corrected chi connectivity index (χ3v) is 12.4. The Labute approximate surface area is 355 Å². The number of hydrogen-bond acceptors (Lipinski definition) is 4. The fourth-order valence-corrected chi connectivity index (χ4v) is 9.40. The summed E-state index contributed by atoms with van der Waals surface area (Å²) in [7, 11) is 0. The van der Waals surface area contributed by atoms with Gasteiger partial charge in [0.1, 0.15) is 11.2 Å². The van der Waals surface area contributed by atoms with E-state index in [1.807, 2.05) is 24.3 Å². The number of benzene rings is 10. The molecule has 5 nitrogen and oxygen atoms in total. The number of aromatic nitrogens is 4. The van der Waals surface area contributed by atoms with Gasteiger partial charge in [-0.05, 0) is 92.0 Å². The Hall–Kier alpha value is -8.41. The van der Waals surface area contributed by atoms with E-state index in [4.69, 9.17) is 19.4 Å². The quantitative estimate of drug-likeness (QED) is 0.174. The van der Waals surface area contributed by atoms with Gasteiger partial charge in [-0.3, -0.25) is 0 Å². The monoisotopic (exact) mass is 790 g/mol. The van der Waals surface area contributed by atoms with Crippen LogP contribution in [0.2, 0.25) is 0 Å². The first-order valence-electron chi connectivity index (χ1n) is 20.9. The van der Waals surface area contributed by atoms with Gasteiger partial charge in [-0.25, -0.2) is 15.0 Å². The van der Waals surface area contributed by atoms with E-state index in [2.05, 4.69) is 187 Å². The van der Waals surface area contributed by atoms with Gasteiger partial charge in [-0.1, -0.05) is 158 Å². The Morgan fingerprint density at radius 2 is 0.855 bits per heavy atom. The molecule has 0 bridgehead atoms. The molecule has 0 N–H and O–H groups in total. The first-order chi connectivity index (χ1) is 30.7. The van der Waals surface area contributed by atoms with Gasteiger partial charge in [-0.15, -0.1) is 0 Å². The SMILES string of the molecule is c1ccc(-c2cccc(-c3nc(-c4ccccc4)nc(-c4cc5oc6ccc7ccccc7c6c5cc4-n4c5cc6ccccc6cc5c5cc6ccccc6cc54)n3)c2)cc1. The van der Waals surface area contributed by atoms with E-state index in [1.165, 1.54) is 32.3 Å². The number of hydrogen-bond donors (Lipinski definition) is 0. The molecule has 5 heteroatoms. The lowest BCUT2D eigenvalue weighted by Crippen LogP contribution is -2.04. The van der Waals surface area contributed by atoms with Crippen LogP contribution in [0, 0.1) is 0 Å². The van der Waals surface area contributed by atoms with Crippen molar-refractivity contribution in [3.63, 3.8) is 0 Å². The zero-order valence-corrected chi connectivity index (χ0v) is 33.3. The minimum absolute atomic E-state index is 0.553. The molecule has 0 radical (unpaired) electrons. The molecule has 0 amide bonds. The standard InChI is InChI=1S/C57H34N4O/c1-3-14-35(15-4-1)38-23-13-24-43(28-38)56-58-55(37-17-5-2-6-18-37)59-57(60-56)47-34-53-48(54-44-25-12-11-16-36(44)26-27-52(54)62-53)33-51(47)61-49-31-41-21-9-7-19-39(41)29-45(49)46-30-40-20-8-10-22-42(40)32-50(46)61/h1-34H. The second-order valence-electron chi connectivity index (χ2n) is 16.0. The van der Waals surface area contributed by atoms with Gasteiger partial charge in [0.05, 0.1) is 16.7 Å². The molecule has 0 fully saturated rings. The number of nitrogens with zero attached hydrogens (tertiary/aromatic N) is 4. The lowest BCUT2D eigenvalue weighted by Gasteiger charge is -2.16. The van der Waals surface area contributed by atoms with Crippen molar-refractivity contribution in [1.29, 1.82) is 0 Å². The van der Waals surface area contributed by atoms with Crippen LogP contribution in [0.5, 0.6) is 0 Å². The van der Waals surface area contributed by atoms with Gasteiger partial charge in [-0.2, -0.15) is 0 Å². The van der Waals surface area contributed by atoms with Gasteiger partial charge in [0.25, 0.3) is 0 Å². The van der Waals surface area contributed by atoms with Crippen LogP contribution in [0.3, 0.4) is 0 Å². The Morgan fingerprint density at radius 1 is 0.323 bits per heavy atom. The van der Waals surface area contributed by atoms with Crippen LogP contribution < -0.4 is 0 Å². The highest BCUT2D eigenvalue weighted by atomic mass is 16.3. The molecule has 10 aromatic carbocycles. The average molecular weight is 791 g/mol. The van der Waals surface area contributed by atoms with Crippen LogP contribution in [-0.2, 0) is 0 Å². The Balaban J connectivity index is 1.17. The summed E-state index contributed by atoms with van der Waals surface area (Å²) in [6, 6.07) is 72.8. The van der Waals surface area contributed by atoms with Crippen molar-refractivity contribution in [3.05, 3.63) is 206 Å². The Morgan fingerprint density at radius 3 is 1.53 bits per heavy atom. The normalized spacial score (nSPS) is 11.9. The summed E-state index contributed by atoms with van der Waals surface area (Å²) in [4.78, 5) is 15.9. The van der Waals surface area contributed by atoms with Gasteiger partial charge in [0, 0.05) is 38.2 Å². The predicted molar refractivity (Wildman–Crippen MR) is 256 cm³/mol. The highest BCUT2D eigenvalue weighted by Crippen LogP contribution is 2.44. The third kappa shape index (κ3) is 5.45. The molecule has 62 heavy (non-hydrogen) atoms. The minimum Gasteiger partial charge on any atom is -0.456 e. The summed E-state index contributed by atoms with van der Waals surface area (Å²) in [6.45, 7) is 0. The fraction of sp³-hybridized carbons (Fsp3) is 0. The molecule has 13 aromatic rings. The lowest BCUT2D eigenvalue weighted by atomic mass is 10.0. The van der Waals surface area contributed by atoms with Crippen LogP contribution in [-0.4, -0.2) is 19.5 Å². The van der Waals surface area contributed by atoms with Gasteiger partial charge >= 0.3 is 0 Å². The van der Waals surface area contributed by atoms with Crippen molar-refractivity contribution < 1.29 is 4.42 Å². The van der Waals surface area contributed by atoms with Crippen LogP contribution in [0.4, 0.5) is 0 Å². The average Bonchev–Trinajstić information content (AvgIpc) is 3.86. The number of furan rings is 1. The molecule has 0 saturated carbocycles. The molecule has 0 aliphatic carbocycles. The molecule has 0 atom stereocenters.